The normalized spacial score (nSPS) is 13.9. The molecule has 5 nitrogen and oxygen atoms in total. The van der Waals surface area contributed by atoms with Gasteiger partial charge in [-0.05, 0) is 38.3 Å². The quantitative estimate of drug-likeness (QED) is 0.507. The maximum atomic E-state index is 13.1. The van der Waals surface area contributed by atoms with Crippen LogP contribution in [-0.4, -0.2) is 31.8 Å². The predicted octanol–water partition coefficient (Wildman–Crippen LogP) is 5.02. The molecule has 3 rings (SSSR count). The van der Waals surface area contributed by atoms with Gasteiger partial charge in [-0.2, -0.15) is 13.2 Å². The Morgan fingerprint density at radius 3 is 2.60 bits per heavy atom. The average Bonchev–Trinajstić information content (AvgIpc) is 3.10. The Bertz CT molecular complexity index is 1030. The first-order valence-corrected chi connectivity index (χ1v) is 10.5. The van der Waals surface area contributed by atoms with E-state index in [0.717, 1.165) is 36.9 Å². The van der Waals surface area contributed by atoms with Crippen molar-refractivity contribution in [3.63, 3.8) is 0 Å². The summed E-state index contributed by atoms with van der Waals surface area (Å²) in [5.74, 6) is -0.226. The highest BCUT2D eigenvalue weighted by Crippen LogP contribution is 2.33. The maximum absolute atomic E-state index is 13.1. The lowest BCUT2D eigenvalue weighted by atomic mass is 10.1. The van der Waals surface area contributed by atoms with Gasteiger partial charge in [0, 0.05) is 12.2 Å². The number of thioether (sulfide) groups is 1. The van der Waals surface area contributed by atoms with E-state index in [9.17, 15) is 18.0 Å². The lowest BCUT2D eigenvalue weighted by molar-refractivity contribution is -0.137. The van der Waals surface area contributed by atoms with Crippen LogP contribution in [0.15, 0.2) is 47.8 Å². The molecule has 10 heteroatoms. The Kier molecular flexibility index (Phi) is 6.92. The van der Waals surface area contributed by atoms with Crippen molar-refractivity contribution in [2.75, 3.05) is 0 Å². The summed E-state index contributed by atoms with van der Waals surface area (Å²) in [5, 5.41) is 10.1. The van der Waals surface area contributed by atoms with Gasteiger partial charge in [0.25, 0.3) is 0 Å². The minimum Gasteiger partial charge on any atom is -0.353 e. The second kappa shape index (κ2) is 9.26. The predicted molar refractivity (Wildman–Crippen MR) is 111 cm³/mol. The van der Waals surface area contributed by atoms with E-state index in [1.54, 1.807) is 6.92 Å². The number of aromatic nitrogens is 3. The van der Waals surface area contributed by atoms with Gasteiger partial charge in [-0.15, -0.1) is 10.2 Å². The smallest absolute Gasteiger partial charge is 0.353 e. The van der Waals surface area contributed by atoms with Gasteiger partial charge in [0.1, 0.15) is 0 Å². The van der Waals surface area contributed by atoms with Crippen molar-refractivity contribution in [1.82, 2.24) is 19.9 Å². The summed E-state index contributed by atoms with van der Waals surface area (Å²) in [5.41, 5.74) is 0.387. The number of hydrogen-bond acceptors (Lipinski definition) is 4. The summed E-state index contributed by atoms with van der Waals surface area (Å²) in [6.07, 6.45) is -2.07. The number of fused-ring (bicyclic) bond motifs is 1. The zero-order valence-electron chi connectivity index (χ0n) is 16.3. The molecule has 0 spiro atoms. The highest BCUT2D eigenvalue weighted by atomic mass is 35.5. The number of carbonyl (C=O) groups is 1. The Morgan fingerprint density at radius 2 is 1.93 bits per heavy atom. The highest BCUT2D eigenvalue weighted by molar-refractivity contribution is 8.00. The summed E-state index contributed by atoms with van der Waals surface area (Å²) >= 11 is 6.95. The number of rotatable bonds is 7. The fourth-order valence-electron chi connectivity index (χ4n) is 2.84. The third-order valence-electron chi connectivity index (χ3n) is 4.50. The number of pyridine rings is 1. The molecule has 1 aromatic carbocycles. The molecule has 1 N–H and O–H groups in total. The van der Waals surface area contributed by atoms with Gasteiger partial charge in [0.05, 0.1) is 15.8 Å². The number of nitrogens with zero attached hydrogens (tertiary/aromatic N) is 3. The van der Waals surface area contributed by atoms with Crippen LogP contribution in [0.2, 0.25) is 5.02 Å². The van der Waals surface area contributed by atoms with Crippen molar-refractivity contribution in [3.8, 4) is 0 Å². The Labute approximate surface area is 181 Å². The molecule has 0 aliphatic rings. The summed E-state index contributed by atoms with van der Waals surface area (Å²) in [6, 6.07) is 10.7. The first-order valence-electron chi connectivity index (χ1n) is 9.27. The van der Waals surface area contributed by atoms with Crippen LogP contribution in [0, 0.1) is 0 Å². The number of aryl methyl sites for hydroxylation is 1. The van der Waals surface area contributed by atoms with Crippen LogP contribution in [0.25, 0.3) is 5.65 Å². The van der Waals surface area contributed by atoms with Gasteiger partial charge >= 0.3 is 6.18 Å². The van der Waals surface area contributed by atoms with Crippen molar-refractivity contribution in [2.24, 2.45) is 0 Å². The molecule has 3 aromatic rings. The number of amides is 1. The number of alkyl halides is 3. The third kappa shape index (κ3) is 5.46. The van der Waals surface area contributed by atoms with E-state index >= 15 is 0 Å². The lowest BCUT2D eigenvalue weighted by Crippen LogP contribution is -2.37. The van der Waals surface area contributed by atoms with Crippen LogP contribution < -0.4 is 5.32 Å². The molecule has 0 bridgehead atoms. The third-order valence-corrected chi connectivity index (χ3v) is 5.84. The van der Waals surface area contributed by atoms with Gasteiger partial charge in [-0.1, -0.05) is 53.7 Å². The van der Waals surface area contributed by atoms with E-state index in [1.165, 1.54) is 9.96 Å². The number of nitrogens with one attached hydrogen (secondary N) is 1. The second-order valence-electron chi connectivity index (χ2n) is 6.94. The van der Waals surface area contributed by atoms with Crippen LogP contribution in [-0.2, 0) is 17.4 Å². The minimum absolute atomic E-state index is 0.0535. The Morgan fingerprint density at radius 1 is 1.23 bits per heavy atom. The Hall–Kier alpha value is -2.26. The largest absolute Gasteiger partial charge is 0.417 e. The van der Waals surface area contributed by atoms with Gasteiger partial charge in [-0.25, -0.2) is 0 Å². The van der Waals surface area contributed by atoms with Crippen molar-refractivity contribution in [1.29, 1.82) is 0 Å². The molecule has 2 heterocycles. The lowest BCUT2D eigenvalue weighted by Gasteiger charge is -2.17. The topological polar surface area (TPSA) is 59.3 Å². The van der Waals surface area contributed by atoms with E-state index in [-0.39, 0.29) is 27.8 Å². The van der Waals surface area contributed by atoms with Crippen molar-refractivity contribution in [3.05, 3.63) is 58.7 Å². The van der Waals surface area contributed by atoms with Crippen molar-refractivity contribution < 1.29 is 18.0 Å². The van der Waals surface area contributed by atoms with Crippen LogP contribution in [0.5, 0.6) is 0 Å². The van der Waals surface area contributed by atoms with E-state index in [2.05, 4.69) is 15.5 Å². The summed E-state index contributed by atoms with van der Waals surface area (Å²) in [6.45, 7) is 3.58. The second-order valence-corrected chi connectivity index (χ2v) is 8.66. The van der Waals surface area contributed by atoms with Crippen LogP contribution in [0.3, 0.4) is 0 Å². The standard InChI is InChI=1S/C20H20ClF3N4OS/c1-12(8-9-14-6-4-3-5-7-14)25-18(29)13(2)30-19-27-26-17-16(21)10-15(11-28(17)19)20(22,23)24/h3-7,10-13H,8-9H2,1-2H3,(H,25,29)/t12-,13+/m0/s1. The zero-order valence-corrected chi connectivity index (χ0v) is 17.9. The zero-order chi connectivity index (χ0) is 21.9. The number of halogens is 4. The van der Waals surface area contributed by atoms with E-state index in [0.29, 0.717) is 0 Å². The monoisotopic (exact) mass is 456 g/mol. The molecule has 0 fully saturated rings. The fourth-order valence-corrected chi connectivity index (χ4v) is 3.92. The summed E-state index contributed by atoms with van der Waals surface area (Å²) in [7, 11) is 0. The molecule has 2 atom stereocenters. The van der Waals surface area contributed by atoms with Gasteiger partial charge in [0.2, 0.25) is 5.91 Å². The van der Waals surface area contributed by atoms with Crippen LogP contribution in [0.4, 0.5) is 13.2 Å². The first kappa shape index (κ1) is 22.4. The number of benzene rings is 1. The summed E-state index contributed by atoms with van der Waals surface area (Å²) in [4.78, 5) is 12.5. The molecule has 0 unspecified atom stereocenters. The SMILES string of the molecule is C[C@@H](CCc1ccccc1)NC(=O)[C@@H](C)Sc1nnc2c(Cl)cc(C(F)(F)F)cn12. The van der Waals surface area contributed by atoms with Gasteiger partial charge < -0.3 is 5.32 Å². The van der Waals surface area contributed by atoms with Crippen molar-refractivity contribution in [2.45, 2.75) is 49.3 Å². The fraction of sp³-hybridized carbons (Fsp3) is 0.350. The minimum atomic E-state index is -4.55. The highest BCUT2D eigenvalue weighted by Gasteiger charge is 2.32. The number of carbonyl (C=O) groups excluding carboxylic acids is 1. The molecule has 30 heavy (non-hydrogen) atoms. The molecule has 1 amide bonds. The van der Waals surface area contributed by atoms with Crippen LogP contribution >= 0.6 is 23.4 Å². The maximum Gasteiger partial charge on any atom is 0.417 e. The molecule has 160 valence electrons. The summed E-state index contributed by atoms with van der Waals surface area (Å²) < 4.78 is 40.4. The Balaban J connectivity index is 1.64. The van der Waals surface area contributed by atoms with Crippen LogP contribution in [0.1, 0.15) is 31.4 Å². The van der Waals surface area contributed by atoms with E-state index in [1.807, 2.05) is 37.3 Å². The molecule has 0 saturated carbocycles. The molecule has 0 radical (unpaired) electrons. The molecule has 0 aliphatic heterocycles. The van der Waals surface area contributed by atoms with Crippen molar-refractivity contribution >= 4 is 34.9 Å². The van der Waals surface area contributed by atoms with Gasteiger partial charge in [-0.3, -0.25) is 9.20 Å². The van der Waals surface area contributed by atoms with E-state index in [4.69, 9.17) is 11.6 Å². The van der Waals surface area contributed by atoms with E-state index < -0.39 is 17.0 Å². The average molecular weight is 457 g/mol. The molecular weight excluding hydrogens is 437 g/mol. The number of hydrogen-bond donors (Lipinski definition) is 1. The van der Waals surface area contributed by atoms with Gasteiger partial charge in [0.15, 0.2) is 10.8 Å². The molecule has 2 aromatic heterocycles. The first-order chi connectivity index (χ1) is 14.1. The molecular formula is C20H20ClF3N4OS. The molecule has 0 saturated heterocycles. The molecule has 0 aliphatic carbocycles.